The Morgan fingerprint density at radius 1 is 1.28 bits per heavy atom. The van der Waals surface area contributed by atoms with Gasteiger partial charge in [0.1, 0.15) is 5.75 Å². The van der Waals surface area contributed by atoms with Gasteiger partial charge in [-0.2, -0.15) is 0 Å². The van der Waals surface area contributed by atoms with Crippen molar-refractivity contribution in [1.29, 1.82) is 0 Å². The second-order valence-corrected chi connectivity index (χ2v) is 5.33. The Bertz CT molecular complexity index is 363. The summed E-state index contributed by atoms with van der Waals surface area (Å²) in [5.41, 5.74) is 4.17. The molecule has 1 rings (SSSR count). The molecule has 0 aliphatic heterocycles. The van der Waals surface area contributed by atoms with E-state index in [0.717, 1.165) is 30.8 Å². The van der Waals surface area contributed by atoms with Crippen LogP contribution in [0.2, 0.25) is 0 Å². The minimum absolute atomic E-state index is 0.0838. The summed E-state index contributed by atoms with van der Waals surface area (Å²) >= 11 is 0. The Balaban J connectivity index is 3.05. The molecule has 102 valence electrons. The van der Waals surface area contributed by atoms with Gasteiger partial charge in [0.25, 0.3) is 0 Å². The van der Waals surface area contributed by atoms with Crippen molar-refractivity contribution in [3.05, 3.63) is 29.8 Å². The topological polar surface area (TPSA) is 47.3 Å². The number of rotatable bonds is 7. The number of hydrogen-bond acceptors (Lipinski definition) is 3. The molecule has 3 nitrogen and oxygen atoms in total. The lowest BCUT2D eigenvalue weighted by atomic mass is 9.78. The van der Waals surface area contributed by atoms with E-state index in [0.29, 0.717) is 0 Å². The maximum Gasteiger partial charge on any atom is 0.124 e. The van der Waals surface area contributed by atoms with E-state index in [-0.39, 0.29) is 11.5 Å². The normalized spacial score (nSPS) is 13.4. The summed E-state index contributed by atoms with van der Waals surface area (Å²) in [4.78, 5) is 0. The van der Waals surface area contributed by atoms with Crippen molar-refractivity contribution in [1.82, 2.24) is 5.43 Å². The molecular weight excluding hydrogens is 224 g/mol. The summed E-state index contributed by atoms with van der Waals surface area (Å²) < 4.78 is 5.81. The van der Waals surface area contributed by atoms with Crippen LogP contribution < -0.4 is 16.0 Å². The van der Waals surface area contributed by atoms with Gasteiger partial charge in [-0.3, -0.25) is 11.3 Å². The van der Waals surface area contributed by atoms with Crippen LogP contribution in [-0.4, -0.2) is 6.61 Å². The average Bonchev–Trinajstić information content (AvgIpc) is 2.38. The molecule has 0 bridgehead atoms. The maximum absolute atomic E-state index is 5.81. The summed E-state index contributed by atoms with van der Waals surface area (Å²) in [6.07, 6.45) is 2.05. The summed E-state index contributed by atoms with van der Waals surface area (Å²) in [6, 6.07) is 8.23. The molecule has 0 radical (unpaired) electrons. The fraction of sp³-hybridized carbons (Fsp3) is 0.600. The van der Waals surface area contributed by atoms with Gasteiger partial charge in [-0.15, -0.1) is 0 Å². The van der Waals surface area contributed by atoms with Gasteiger partial charge < -0.3 is 4.74 Å². The molecule has 1 aromatic rings. The summed E-state index contributed by atoms with van der Waals surface area (Å²) in [5, 5.41) is 0. The standard InChI is InChI=1S/C15H26N2O/c1-5-11-18-13-10-8-7-9-12(13)14(17-16)15(3,4)6-2/h7-10,14,17H,5-6,11,16H2,1-4H3. The monoisotopic (exact) mass is 250 g/mol. The molecule has 0 spiro atoms. The third kappa shape index (κ3) is 3.47. The number of ether oxygens (including phenoxy) is 1. The first kappa shape index (κ1) is 15.0. The molecule has 0 aliphatic rings. The average molecular weight is 250 g/mol. The van der Waals surface area contributed by atoms with Gasteiger partial charge in [-0.05, 0) is 24.3 Å². The lowest BCUT2D eigenvalue weighted by molar-refractivity contribution is 0.226. The second-order valence-electron chi connectivity index (χ2n) is 5.33. The molecule has 0 aliphatic carbocycles. The maximum atomic E-state index is 5.81. The predicted octanol–water partition coefficient (Wildman–Crippen LogP) is 3.42. The molecule has 0 heterocycles. The molecule has 18 heavy (non-hydrogen) atoms. The zero-order valence-corrected chi connectivity index (χ0v) is 12.0. The first-order valence-corrected chi connectivity index (χ1v) is 6.74. The fourth-order valence-corrected chi connectivity index (χ4v) is 2.00. The van der Waals surface area contributed by atoms with Crippen LogP contribution in [0.4, 0.5) is 0 Å². The third-order valence-corrected chi connectivity index (χ3v) is 3.55. The van der Waals surface area contributed by atoms with Crippen LogP contribution in [0.3, 0.4) is 0 Å². The van der Waals surface area contributed by atoms with Crippen LogP contribution in [0.5, 0.6) is 5.75 Å². The second kappa shape index (κ2) is 6.76. The predicted molar refractivity (Wildman–Crippen MR) is 76.4 cm³/mol. The zero-order valence-electron chi connectivity index (χ0n) is 12.0. The SMILES string of the molecule is CCCOc1ccccc1C(NN)C(C)(C)CC. The largest absolute Gasteiger partial charge is 0.493 e. The highest BCUT2D eigenvalue weighted by molar-refractivity contribution is 5.37. The van der Waals surface area contributed by atoms with E-state index in [1.807, 2.05) is 18.2 Å². The van der Waals surface area contributed by atoms with Gasteiger partial charge in [0, 0.05) is 5.56 Å². The molecule has 1 unspecified atom stereocenters. The minimum Gasteiger partial charge on any atom is -0.493 e. The highest BCUT2D eigenvalue weighted by atomic mass is 16.5. The van der Waals surface area contributed by atoms with Crippen LogP contribution in [-0.2, 0) is 0 Å². The summed E-state index contributed by atoms with van der Waals surface area (Å²) in [5.74, 6) is 6.69. The van der Waals surface area contributed by atoms with Gasteiger partial charge in [0.2, 0.25) is 0 Å². The van der Waals surface area contributed by atoms with Crippen LogP contribution in [0, 0.1) is 5.41 Å². The Labute approximate surface area is 111 Å². The third-order valence-electron chi connectivity index (χ3n) is 3.55. The lowest BCUT2D eigenvalue weighted by Gasteiger charge is -2.34. The van der Waals surface area contributed by atoms with Crippen LogP contribution in [0.1, 0.15) is 52.1 Å². The van der Waals surface area contributed by atoms with E-state index in [1.54, 1.807) is 0 Å². The molecule has 1 atom stereocenters. The molecule has 0 fully saturated rings. The van der Waals surface area contributed by atoms with Gasteiger partial charge in [-0.1, -0.05) is 45.9 Å². The molecule has 0 saturated carbocycles. The molecule has 0 aromatic heterocycles. The van der Waals surface area contributed by atoms with E-state index in [2.05, 4.69) is 39.2 Å². The van der Waals surface area contributed by atoms with Crippen LogP contribution in [0.25, 0.3) is 0 Å². The Morgan fingerprint density at radius 3 is 2.50 bits per heavy atom. The van der Waals surface area contributed by atoms with E-state index in [9.17, 15) is 0 Å². The zero-order chi connectivity index (χ0) is 13.6. The van der Waals surface area contributed by atoms with Crippen molar-refractivity contribution in [3.63, 3.8) is 0 Å². The van der Waals surface area contributed by atoms with Crippen molar-refractivity contribution in [2.45, 2.75) is 46.6 Å². The highest BCUT2D eigenvalue weighted by Gasteiger charge is 2.30. The first-order chi connectivity index (χ1) is 8.56. The first-order valence-electron chi connectivity index (χ1n) is 6.74. The van der Waals surface area contributed by atoms with Crippen molar-refractivity contribution in [2.24, 2.45) is 11.3 Å². The molecule has 0 saturated heterocycles. The van der Waals surface area contributed by atoms with Crippen LogP contribution in [0.15, 0.2) is 24.3 Å². The quantitative estimate of drug-likeness (QED) is 0.576. The van der Waals surface area contributed by atoms with Crippen molar-refractivity contribution in [2.75, 3.05) is 6.61 Å². The number of benzene rings is 1. The molecule has 3 N–H and O–H groups in total. The van der Waals surface area contributed by atoms with Crippen molar-refractivity contribution in [3.8, 4) is 5.75 Å². The van der Waals surface area contributed by atoms with Crippen molar-refractivity contribution >= 4 is 0 Å². The number of hydrogen-bond donors (Lipinski definition) is 2. The van der Waals surface area contributed by atoms with Gasteiger partial charge >= 0.3 is 0 Å². The highest BCUT2D eigenvalue weighted by Crippen LogP contribution is 2.39. The van der Waals surface area contributed by atoms with Crippen molar-refractivity contribution < 1.29 is 4.74 Å². The molecular formula is C15H26N2O. The summed E-state index contributed by atoms with van der Waals surface area (Å²) in [7, 11) is 0. The van der Waals surface area contributed by atoms with Gasteiger partial charge in [0.05, 0.1) is 12.6 Å². The number of para-hydroxylation sites is 1. The van der Waals surface area contributed by atoms with E-state index in [4.69, 9.17) is 10.6 Å². The number of nitrogens with one attached hydrogen (secondary N) is 1. The number of nitrogens with two attached hydrogens (primary N) is 1. The molecule has 3 heteroatoms. The van der Waals surface area contributed by atoms with Crippen LogP contribution >= 0.6 is 0 Å². The van der Waals surface area contributed by atoms with E-state index in [1.165, 1.54) is 0 Å². The smallest absolute Gasteiger partial charge is 0.124 e. The molecule has 1 aromatic carbocycles. The minimum atomic E-state index is 0.0838. The fourth-order valence-electron chi connectivity index (χ4n) is 2.00. The van der Waals surface area contributed by atoms with E-state index < -0.39 is 0 Å². The molecule has 0 amide bonds. The lowest BCUT2D eigenvalue weighted by Crippen LogP contribution is -2.38. The van der Waals surface area contributed by atoms with Gasteiger partial charge in [-0.25, -0.2) is 0 Å². The Morgan fingerprint density at radius 2 is 1.94 bits per heavy atom. The summed E-state index contributed by atoms with van der Waals surface area (Å²) in [6.45, 7) is 9.46. The van der Waals surface area contributed by atoms with E-state index >= 15 is 0 Å². The van der Waals surface area contributed by atoms with Gasteiger partial charge in [0.15, 0.2) is 0 Å². The Hall–Kier alpha value is -1.06. The number of hydrazine groups is 1. The Kier molecular flexibility index (Phi) is 5.63.